The Hall–Kier alpha value is -3.30. The number of pyridine rings is 1. The Labute approximate surface area is 158 Å². The lowest BCUT2D eigenvalue weighted by atomic mass is 10.1. The van der Waals surface area contributed by atoms with Crippen LogP contribution in [0.4, 0.5) is 24.5 Å². The first-order valence-electron chi connectivity index (χ1n) is 8.29. The Bertz CT molecular complexity index is 902. The van der Waals surface area contributed by atoms with Crippen LogP contribution in [-0.2, 0) is 11.3 Å². The van der Waals surface area contributed by atoms with Crippen LogP contribution in [0.3, 0.4) is 0 Å². The fourth-order valence-corrected chi connectivity index (χ4v) is 2.68. The quantitative estimate of drug-likeness (QED) is 0.814. The lowest BCUT2D eigenvalue weighted by Gasteiger charge is -2.27. The number of carbonyl (C=O) groups is 2. The molecule has 0 bridgehead atoms. The Morgan fingerprint density at radius 1 is 1.32 bits per heavy atom. The molecule has 7 nitrogen and oxygen atoms in total. The number of hydrogen-bond donors (Lipinski definition) is 2. The molecular formula is C18H17F3N4O3. The number of nitrogens with one attached hydrogen (secondary N) is 2. The van der Waals surface area contributed by atoms with Crippen LogP contribution in [0.2, 0.25) is 0 Å². The maximum absolute atomic E-state index is 12.4. The predicted octanol–water partition coefficient (Wildman–Crippen LogP) is 2.34. The molecule has 0 fully saturated rings. The minimum atomic E-state index is -4.46. The van der Waals surface area contributed by atoms with Gasteiger partial charge in [0.15, 0.2) is 6.61 Å². The van der Waals surface area contributed by atoms with Crippen LogP contribution in [0.15, 0.2) is 36.5 Å². The Kier molecular flexibility index (Phi) is 5.39. The Balaban J connectivity index is 1.63. The predicted molar refractivity (Wildman–Crippen MR) is 95.3 cm³/mol. The van der Waals surface area contributed by atoms with E-state index in [1.807, 2.05) is 0 Å². The number of likely N-dealkylation sites (N-methyl/N-ethyl adjacent to an activating group) is 1. The van der Waals surface area contributed by atoms with Crippen molar-refractivity contribution in [3.05, 3.63) is 47.7 Å². The van der Waals surface area contributed by atoms with E-state index in [1.54, 1.807) is 36.2 Å². The van der Waals surface area contributed by atoms with Gasteiger partial charge in [0, 0.05) is 31.4 Å². The highest BCUT2D eigenvalue weighted by Crippen LogP contribution is 2.29. The van der Waals surface area contributed by atoms with Crippen LogP contribution in [0.25, 0.3) is 0 Å². The summed E-state index contributed by atoms with van der Waals surface area (Å²) in [5.74, 6) is -0.737. The highest BCUT2D eigenvalue weighted by Gasteiger charge is 2.28. The van der Waals surface area contributed by atoms with E-state index < -0.39 is 12.8 Å². The van der Waals surface area contributed by atoms with Crippen LogP contribution < -0.4 is 20.3 Å². The van der Waals surface area contributed by atoms with E-state index in [1.165, 1.54) is 12.3 Å². The molecule has 28 heavy (non-hydrogen) atoms. The molecule has 0 aliphatic carbocycles. The first-order valence-corrected chi connectivity index (χ1v) is 8.29. The van der Waals surface area contributed by atoms with E-state index >= 15 is 0 Å². The zero-order valence-electron chi connectivity index (χ0n) is 14.8. The first kappa shape index (κ1) is 19.5. The average molecular weight is 394 g/mol. The number of nitrogens with zero attached hydrogens (tertiary/aromatic N) is 2. The molecule has 10 heteroatoms. The normalized spacial score (nSPS) is 13.6. The third kappa shape index (κ3) is 4.90. The van der Waals surface area contributed by atoms with Gasteiger partial charge in [-0.15, -0.1) is 0 Å². The number of rotatable bonds is 5. The van der Waals surface area contributed by atoms with Crippen molar-refractivity contribution in [3.8, 4) is 5.88 Å². The highest BCUT2D eigenvalue weighted by molar-refractivity contribution is 6.03. The molecule has 0 unspecified atom stereocenters. The molecule has 1 aromatic heterocycles. The summed E-state index contributed by atoms with van der Waals surface area (Å²) in [6.45, 7) is -1.13. The SMILES string of the molecule is CN1CC(=O)Nc2cc(C(=O)NCc3ccnc(OCC(F)(F)F)c3)ccc21. The van der Waals surface area contributed by atoms with Crippen LogP contribution in [0, 0.1) is 0 Å². The Morgan fingerprint density at radius 3 is 2.86 bits per heavy atom. The number of alkyl halides is 3. The van der Waals surface area contributed by atoms with E-state index in [2.05, 4.69) is 20.4 Å². The second-order valence-corrected chi connectivity index (χ2v) is 6.23. The second kappa shape index (κ2) is 7.75. The van der Waals surface area contributed by atoms with Crippen molar-refractivity contribution in [2.75, 3.05) is 30.4 Å². The van der Waals surface area contributed by atoms with Crippen molar-refractivity contribution < 1.29 is 27.5 Å². The van der Waals surface area contributed by atoms with Crippen LogP contribution in [-0.4, -0.2) is 43.2 Å². The molecule has 2 N–H and O–H groups in total. The number of fused-ring (bicyclic) bond motifs is 1. The number of benzene rings is 1. The minimum Gasteiger partial charge on any atom is -0.468 e. The van der Waals surface area contributed by atoms with Gasteiger partial charge in [-0.2, -0.15) is 13.2 Å². The summed E-state index contributed by atoms with van der Waals surface area (Å²) < 4.78 is 41.2. The fourth-order valence-electron chi connectivity index (χ4n) is 2.68. The topological polar surface area (TPSA) is 83.6 Å². The van der Waals surface area contributed by atoms with Gasteiger partial charge in [-0.1, -0.05) is 0 Å². The lowest BCUT2D eigenvalue weighted by molar-refractivity contribution is -0.154. The van der Waals surface area contributed by atoms with E-state index in [-0.39, 0.29) is 30.8 Å². The molecule has 2 amide bonds. The number of anilines is 2. The molecule has 3 rings (SSSR count). The summed E-state index contributed by atoms with van der Waals surface area (Å²) in [4.78, 5) is 29.5. The number of aromatic nitrogens is 1. The molecule has 1 aromatic carbocycles. The van der Waals surface area contributed by atoms with Crippen LogP contribution in [0.5, 0.6) is 5.88 Å². The summed E-state index contributed by atoms with van der Waals surface area (Å²) in [6, 6.07) is 7.82. The van der Waals surface area contributed by atoms with Crippen molar-refractivity contribution in [1.29, 1.82) is 0 Å². The molecule has 1 aliphatic rings. The lowest BCUT2D eigenvalue weighted by Crippen LogP contribution is -2.35. The van der Waals surface area contributed by atoms with Gasteiger partial charge in [-0.3, -0.25) is 9.59 Å². The van der Waals surface area contributed by atoms with Gasteiger partial charge in [0.2, 0.25) is 11.8 Å². The van der Waals surface area contributed by atoms with Crippen LogP contribution in [0.1, 0.15) is 15.9 Å². The third-order valence-electron chi connectivity index (χ3n) is 3.96. The fraction of sp³-hybridized carbons (Fsp3) is 0.278. The summed E-state index contributed by atoms with van der Waals surface area (Å²) in [5, 5.41) is 5.39. The Morgan fingerprint density at radius 2 is 2.11 bits per heavy atom. The maximum atomic E-state index is 12.4. The smallest absolute Gasteiger partial charge is 0.422 e. The largest absolute Gasteiger partial charge is 0.468 e. The number of amides is 2. The zero-order chi connectivity index (χ0) is 20.3. The molecule has 2 aromatic rings. The number of carbonyl (C=O) groups excluding carboxylic acids is 2. The van der Waals surface area contributed by atoms with Crippen molar-refractivity contribution in [2.24, 2.45) is 0 Å². The number of halogens is 3. The van der Waals surface area contributed by atoms with Gasteiger partial charge < -0.3 is 20.3 Å². The van der Waals surface area contributed by atoms with E-state index in [0.29, 0.717) is 16.8 Å². The van der Waals surface area contributed by atoms with Crippen molar-refractivity contribution in [3.63, 3.8) is 0 Å². The van der Waals surface area contributed by atoms with Crippen molar-refractivity contribution in [2.45, 2.75) is 12.7 Å². The summed E-state index contributed by atoms with van der Waals surface area (Å²) in [6.07, 6.45) is -3.15. The first-order chi connectivity index (χ1) is 13.2. The molecule has 0 saturated heterocycles. The van der Waals surface area contributed by atoms with Gasteiger partial charge >= 0.3 is 6.18 Å². The molecule has 0 atom stereocenters. The average Bonchev–Trinajstić information content (AvgIpc) is 2.63. The van der Waals surface area contributed by atoms with Crippen molar-refractivity contribution >= 4 is 23.2 Å². The molecule has 2 heterocycles. The van der Waals surface area contributed by atoms with E-state index in [4.69, 9.17) is 0 Å². The molecule has 148 valence electrons. The molecule has 0 saturated carbocycles. The summed E-state index contributed by atoms with van der Waals surface area (Å²) in [5.41, 5.74) is 2.22. The molecular weight excluding hydrogens is 377 g/mol. The zero-order valence-corrected chi connectivity index (χ0v) is 14.8. The molecule has 0 spiro atoms. The van der Waals surface area contributed by atoms with Crippen molar-refractivity contribution in [1.82, 2.24) is 10.3 Å². The minimum absolute atomic E-state index is 0.0765. The summed E-state index contributed by atoms with van der Waals surface area (Å²) >= 11 is 0. The van der Waals surface area contributed by atoms with Crippen LogP contribution >= 0.6 is 0 Å². The summed E-state index contributed by atoms with van der Waals surface area (Å²) in [7, 11) is 1.78. The third-order valence-corrected chi connectivity index (χ3v) is 3.96. The maximum Gasteiger partial charge on any atom is 0.422 e. The van der Waals surface area contributed by atoms with Gasteiger partial charge in [0.1, 0.15) is 0 Å². The highest BCUT2D eigenvalue weighted by atomic mass is 19.4. The number of hydrogen-bond acceptors (Lipinski definition) is 5. The van der Waals surface area contributed by atoms with Gasteiger partial charge in [-0.25, -0.2) is 4.98 Å². The molecule has 1 aliphatic heterocycles. The van der Waals surface area contributed by atoms with Gasteiger partial charge in [-0.05, 0) is 29.8 Å². The number of ether oxygens (including phenoxy) is 1. The van der Waals surface area contributed by atoms with E-state index in [9.17, 15) is 22.8 Å². The van der Waals surface area contributed by atoms with E-state index in [0.717, 1.165) is 5.69 Å². The van der Waals surface area contributed by atoms with Gasteiger partial charge in [0.05, 0.1) is 17.9 Å². The monoisotopic (exact) mass is 394 g/mol. The van der Waals surface area contributed by atoms with Gasteiger partial charge in [0.25, 0.3) is 5.91 Å². The standard InChI is InChI=1S/C18H17F3N4O3/c1-25-9-15(26)24-13-7-12(2-3-14(13)25)17(27)23-8-11-4-5-22-16(6-11)28-10-18(19,20)21/h2-7H,8-10H2,1H3,(H,23,27)(H,24,26). The molecule has 0 radical (unpaired) electrons. The second-order valence-electron chi connectivity index (χ2n) is 6.23.